The van der Waals surface area contributed by atoms with Crippen LogP contribution in [0, 0.1) is 0 Å². The number of aromatic nitrogens is 3. The van der Waals surface area contributed by atoms with Crippen molar-refractivity contribution in [3.05, 3.63) is 48.3 Å². The summed E-state index contributed by atoms with van der Waals surface area (Å²) >= 11 is 0. The van der Waals surface area contributed by atoms with E-state index in [4.69, 9.17) is 0 Å². The number of pyridine rings is 1. The summed E-state index contributed by atoms with van der Waals surface area (Å²) in [6.45, 7) is 6.30. The summed E-state index contributed by atoms with van der Waals surface area (Å²) in [6.07, 6.45) is 7.95. The first-order chi connectivity index (χ1) is 9.36. The third kappa shape index (κ3) is 3.41. The van der Waals surface area contributed by atoms with Crippen LogP contribution in [0.2, 0.25) is 0 Å². The Labute approximate surface area is 114 Å². The molecule has 0 aliphatic heterocycles. The Morgan fingerprint density at radius 1 is 1.16 bits per heavy atom. The fourth-order valence-corrected chi connectivity index (χ4v) is 2.17. The van der Waals surface area contributed by atoms with E-state index in [2.05, 4.69) is 39.8 Å². The molecule has 0 saturated heterocycles. The highest BCUT2D eigenvalue weighted by Crippen LogP contribution is 2.19. The lowest BCUT2D eigenvalue weighted by atomic mass is 10.1. The highest BCUT2D eigenvalue weighted by atomic mass is 15.1. The first kappa shape index (κ1) is 13.7. The summed E-state index contributed by atoms with van der Waals surface area (Å²) < 4.78 is 2.21. The molecule has 1 N–H and O–H groups in total. The molecule has 0 radical (unpaired) electrons. The quantitative estimate of drug-likeness (QED) is 0.830. The molecule has 0 aliphatic carbocycles. The number of imidazole rings is 1. The Balaban J connectivity index is 2.29. The Hall–Kier alpha value is -1.68. The second-order valence-electron chi connectivity index (χ2n) is 4.62. The third-order valence-electron chi connectivity index (χ3n) is 3.05. The van der Waals surface area contributed by atoms with Crippen molar-refractivity contribution in [1.82, 2.24) is 19.9 Å². The summed E-state index contributed by atoms with van der Waals surface area (Å²) in [5, 5.41) is 3.54. The van der Waals surface area contributed by atoms with E-state index in [9.17, 15) is 0 Å². The van der Waals surface area contributed by atoms with E-state index in [1.54, 1.807) is 0 Å². The van der Waals surface area contributed by atoms with E-state index in [0.717, 1.165) is 37.4 Å². The first-order valence-corrected chi connectivity index (χ1v) is 7.02. The van der Waals surface area contributed by atoms with Crippen molar-refractivity contribution in [3.8, 4) is 0 Å². The molecule has 2 aromatic rings. The fraction of sp³-hybridized carbons (Fsp3) is 0.467. The number of rotatable bonds is 7. The van der Waals surface area contributed by atoms with Crippen LogP contribution in [-0.2, 0) is 6.54 Å². The second kappa shape index (κ2) is 7.04. The minimum atomic E-state index is 0.0719. The minimum Gasteiger partial charge on any atom is -0.333 e. The Morgan fingerprint density at radius 2 is 2.05 bits per heavy atom. The highest BCUT2D eigenvalue weighted by molar-refractivity contribution is 5.18. The fourth-order valence-electron chi connectivity index (χ4n) is 2.17. The standard InChI is InChI=1S/C15H22N4/c1-3-8-17-14(13-7-5-6-9-16-13)15-18-10-12-19(15)11-4-2/h5-7,9-10,12,14,17H,3-4,8,11H2,1-2H3. The summed E-state index contributed by atoms with van der Waals surface area (Å²) in [5.41, 5.74) is 1.03. The molecular formula is C15H22N4. The van der Waals surface area contributed by atoms with E-state index in [-0.39, 0.29) is 6.04 Å². The molecule has 102 valence electrons. The summed E-state index contributed by atoms with van der Waals surface area (Å²) in [7, 11) is 0. The maximum Gasteiger partial charge on any atom is 0.132 e. The lowest BCUT2D eigenvalue weighted by Gasteiger charge is -2.19. The van der Waals surface area contributed by atoms with Gasteiger partial charge in [0, 0.05) is 25.1 Å². The topological polar surface area (TPSA) is 42.7 Å². The maximum absolute atomic E-state index is 4.52. The molecule has 0 saturated carbocycles. The molecule has 1 unspecified atom stereocenters. The number of hydrogen-bond acceptors (Lipinski definition) is 3. The average Bonchev–Trinajstić information content (AvgIpc) is 2.89. The van der Waals surface area contributed by atoms with Crippen LogP contribution in [0.15, 0.2) is 36.8 Å². The number of hydrogen-bond donors (Lipinski definition) is 1. The summed E-state index contributed by atoms with van der Waals surface area (Å²) in [4.78, 5) is 9.00. The monoisotopic (exact) mass is 258 g/mol. The van der Waals surface area contributed by atoms with E-state index in [0.29, 0.717) is 0 Å². The van der Waals surface area contributed by atoms with Gasteiger partial charge in [-0.2, -0.15) is 0 Å². The summed E-state index contributed by atoms with van der Waals surface area (Å²) in [6, 6.07) is 6.09. The van der Waals surface area contributed by atoms with E-state index >= 15 is 0 Å². The number of aryl methyl sites for hydroxylation is 1. The van der Waals surface area contributed by atoms with Crippen molar-refractivity contribution in [2.24, 2.45) is 0 Å². The first-order valence-electron chi connectivity index (χ1n) is 7.02. The molecule has 0 fully saturated rings. The van der Waals surface area contributed by atoms with Gasteiger partial charge in [0.25, 0.3) is 0 Å². The molecule has 0 aromatic carbocycles. The normalized spacial score (nSPS) is 12.5. The molecule has 19 heavy (non-hydrogen) atoms. The lowest BCUT2D eigenvalue weighted by Crippen LogP contribution is -2.27. The van der Waals surface area contributed by atoms with Crippen molar-refractivity contribution in [2.45, 2.75) is 39.3 Å². The molecular weight excluding hydrogens is 236 g/mol. The number of nitrogens with zero attached hydrogens (tertiary/aromatic N) is 3. The van der Waals surface area contributed by atoms with E-state index < -0.39 is 0 Å². The van der Waals surface area contributed by atoms with Crippen molar-refractivity contribution in [3.63, 3.8) is 0 Å². The molecule has 0 bridgehead atoms. The van der Waals surface area contributed by atoms with Crippen molar-refractivity contribution in [1.29, 1.82) is 0 Å². The van der Waals surface area contributed by atoms with Crippen LogP contribution >= 0.6 is 0 Å². The van der Waals surface area contributed by atoms with Gasteiger partial charge >= 0.3 is 0 Å². The predicted molar refractivity (Wildman–Crippen MR) is 76.9 cm³/mol. The molecule has 4 nitrogen and oxygen atoms in total. The van der Waals surface area contributed by atoms with Crippen LogP contribution in [0.4, 0.5) is 0 Å². The average molecular weight is 258 g/mol. The molecule has 4 heteroatoms. The van der Waals surface area contributed by atoms with Crippen LogP contribution < -0.4 is 5.32 Å². The molecule has 0 spiro atoms. The van der Waals surface area contributed by atoms with Crippen molar-refractivity contribution < 1.29 is 0 Å². The van der Waals surface area contributed by atoms with Gasteiger partial charge < -0.3 is 9.88 Å². The van der Waals surface area contributed by atoms with Gasteiger partial charge in [0.15, 0.2) is 0 Å². The highest BCUT2D eigenvalue weighted by Gasteiger charge is 2.19. The molecule has 0 aliphatic rings. The van der Waals surface area contributed by atoms with Gasteiger partial charge in [-0.05, 0) is 31.5 Å². The van der Waals surface area contributed by atoms with Gasteiger partial charge in [0.2, 0.25) is 0 Å². The van der Waals surface area contributed by atoms with Gasteiger partial charge in [0.1, 0.15) is 11.9 Å². The Bertz CT molecular complexity index is 478. The lowest BCUT2D eigenvalue weighted by molar-refractivity contribution is 0.522. The predicted octanol–water partition coefficient (Wildman–Crippen LogP) is 2.78. The van der Waals surface area contributed by atoms with Crippen LogP contribution in [0.3, 0.4) is 0 Å². The van der Waals surface area contributed by atoms with Crippen LogP contribution in [0.5, 0.6) is 0 Å². The second-order valence-corrected chi connectivity index (χ2v) is 4.62. The van der Waals surface area contributed by atoms with Gasteiger partial charge in [-0.3, -0.25) is 4.98 Å². The maximum atomic E-state index is 4.52. The van der Waals surface area contributed by atoms with Crippen LogP contribution in [0.25, 0.3) is 0 Å². The van der Waals surface area contributed by atoms with Gasteiger partial charge in [-0.15, -0.1) is 0 Å². The minimum absolute atomic E-state index is 0.0719. The van der Waals surface area contributed by atoms with Gasteiger partial charge in [0.05, 0.1) is 5.69 Å². The van der Waals surface area contributed by atoms with E-state index in [1.165, 1.54) is 0 Å². The molecule has 2 aromatic heterocycles. The molecule has 1 atom stereocenters. The van der Waals surface area contributed by atoms with Gasteiger partial charge in [-0.25, -0.2) is 4.98 Å². The molecule has 2 rings (SSSR count). The zero-order valence-corrected chi connectivity index (χ0v) is 11.7. The third-order valence-corrected chi connectivity index (χ3v) is 3.05. The number of nitrogens with one attached hydrogen (secondary N) is 1. The largest absolute Gasteiger partial charge is 0.333 e. The van der Waals surface area contributed by atoms with E-state index in [1.807, 2.05) is 30.7 Å². The zero-order chi connectivity index (χ0) is 13.5. The van der Waals surface area contributed by atoms with Gasteiger partial charge in [-0.1, -0.05) is 19.9 Å². The summed E-state index contributed by atoms with van der Waals surface area (Å²) in [5.74, 6) is 1.05. The smallest absolute Gasteiger partial charge is 0.132 e. The van der Waals surface area contributed by atoms with Crippen molar-refractivity contribution in [2.75, 3.05) is 6.54 Å². The Morgan fingerprint density at radius 3 is 2.74 bits per heavy atom. The Kier molecular flexibility index (Phi) is 5.10. The van der Waals surface area contributed by atoms with Crippen LogP contribution in [-0.4, -0.2) is 21.1 Å². The van der Waals surface area contributed by atoms with Crippen LogP contribution in [0.1, 0.15) is 44.2 Å². The van der Waals surface area contributed by atoms with Crippen molar-refractivity contribution >= 4 is 0 Å². The SMILES string of the molecule is CCCNC(c1ccccn1)c1nccn1CCC. The zero-order valence-electron chi connectivity index (χ0n) is 11.7. The molecule has 2 heterocycles. The molecule has 0 amide bonds.